The molecular formula is C23H22N2O7S2. The lowest BCUT2D eigenvalue weighted by atomic mass is 10.2. The molecule has 0 bridgehead atoms. The molecule has 3 amide bonds. The quantitative estimate of drug-likeness (QED) is 0.367. The van der Waals surface area contributed by atoms with Gasteiger partial charge in [0.1, 0.15) is 6.54 Å². The van der Waals surface area contributed by atoms with Crippen molar-refractivity contribution in [3.63, 3.8) is 0 Å². The zero-order chi connectivity index (χ0) is 24.7. The Kier molecular flexibility index (Phi) is 8.61. The summed E-state index contributed by atoms with van der Waals surface area (Å²) in [6.45, 7) is 1.15. The number of thioether (sulfide) groups is 2. The van der Waals surface area contributed by atoms with Crippen molar-refractivity contribution in [2.24, 2.45) is 0 Å². The number of carboxylic acid groups (broad SMARTS) is 1. The summed E-state index contributed by atoms with van der Waals surface area (Å²) in [7, 11) is 0. The van der Waals surface area contributed by atoms with Gasteiger partial charge in [-0.25, -0.2) is 4.79 Å². The van der Waals surface area contributed by atoms with E-state index in [1.807, 2.05) is 12.3 Å². The number of rotatable bonds is 10. The summed E-state index contributed by atoms with van der Waals surface area (Å²) >= 11 is 2.26. The lowest BCUT2D eigenvalue weighted by molar-refractivity contribution is -0.139. The number of anilines is 1. The van der Waals surface area contributed by atoms with Crippen LogP contribution >= 0.6 is 23.5 Å². The van der Waals surface area contributed by atoms with Gasteiger partial charge in [-0.2, -0.15) is 0 Å². The van der Waals surface area contributed by atoms with Crippen molar-refractivity contribution >= 4 is 58.3 Å². The first-order chi connectivity index (χ1) is 16.3. The van der Waals surface area contributed by atoms with Crippen molar-refractivity contribution in [3.05, 3.63) is 52.9 Å². The van der Waals surface area contributed by atoms with Crippen molar-refractivity contribution in [3.8, 4) is 11.5 Å². The Morgan fingerprint density at radius 3 is 2.65 bits per heavy atom. The number of aliphatic carboxylic acids is 1. The molecule has 0 aliphatic carbocycles. The van der Waals surface area contributed by atoms with Gasteiger partial charge in [-0.3, -0.25) is 19.3 Å². The summed E-state index contributed by atoms with van der Waals surface area (Å²) in [6, 6.07) is 12.0. The summed E-state index contributed by atoms with van der Waals surface area (Å²) in [6.07, 6.45) is 3.43. The molecule has 1 fully saturated rings. The van der Waals surface area contributed by atoms with E-state index in [1.165, 1.54) is 23.9 Å². The molecule has 0 unspecified atom stereocenters. The van der Waals surface area contributed by atoms with Crippen LogP contribution in [0.4, 0.5) is 10.5 Å². The second-order valence-corrected chi connectivity index (χ2v) is 8.74. The van der Waals surface area contributed by atoms with Crippen LogP contribution < -0.4 is 14.8 Å². The topological polar surface area (TPSA) is 122 Å². The summed E-state index contributed by atoms with van der Waals surface area (Å²) < 4.78 is 10.7. The summed E-state index contributed by atoms with van der Waals surface area (Å²) in [4.78, 5) is 50.4. The van der Waals surface area contributed by atoms with Crippen LogP contribution in [0.5, 0.6) is 11.5 Å². The minimum absolute atomic E-state index is 0.156. The molecule has 1 aliphatic rings. The van der Waals surface area contributed by atoms with Crippen molar-refractivity contribution < 1.29 is 33.8 Å². The van der Waals surface area contributed by atoms with Gasteiger partial charge in [0.25, 0.3) is 11.1 Å². The Morgan fingerprint density at radius 1 is 1.15 bits per heavy atom. The molecule has 2 N–H and O–H groups in total. The molecule has 1 heterocycles. The van der Waals surface area contributed by atoms with Crippen LogP contribution in [0.25, 0.3) is 6.08 Å². The number of ether oxygens (including phenoxy) is 2. The Bertz CT molecular complexity index is 1150. The van der Waals surface area contributed by atoms with E-state index in [1.54, 1.807) is 37.3 Å². The van der Waals surface area contributed by atoms with E-state index in [0.29, 0.717) is 23.6 Å². The minimum atomic E-state index is -1.12. The molecule has 0 spiro atoms. The molecule has 1 aliphatic heterocycles. The van der Waals surface area contributed by atoms with Gasteiger partial charge < -0.3 is 19.9 Å². The van der Waals surface area contributed by atoms with Gasteiger partial charge in [-0.15, -0.1) is 11.8 Å². The fourth-order valence-corrected chi connectivity index (χ4v) is 4.27. The maximum atomic E-state index is 12.8. The molecule has 0 atom stereocenters. The lowest BCUT2D eigenvalue weighted by Crippen LogP contribution is -2.36. The number of amides is 3. The van der Waals surface area contributed by atoms with E-state index in [4.69, 9.17) is 14.6 Å². The minimum Gasteiger partial charge on any atom is -0.490 e. The van der Waals surface area contributed by atoms with Crippen LogP contribution in [0.2, 0.25) is 0 Å². The molecule has 178 valence electrons. The fourth-order valence-electron chi connectivity index (χ4n) is 2.97. The van der Waals surface area contributed by atoms with Gasteiger partial charge >= 0.3 is 5.97 Å². The van der Waals surface area contributed by atoms with Gasteiger partial charge in [0.2, 0.25) is 5.91 Å². The molecule has 34 heavy (non-hydrogen) atoms. The number of nitrogens with one attached hydrogen (secondary N) is 1. The molecular weight excluding hydrogens is 480 g/mol. The molecule has 0 aromatic heterocycles. The highest BCUT2D eigenvalue weighted by Crippen LogP contribution is 2.34. The summed E-state index contributed by atoms with van der Waals surface area (Å²) in [5.74, 6) is -1.63. The standard InChI is InChI=1S/C23H22N2O7S2/c1-3-31-18-9-14(7-8-17(18)32-13-21(27)28)10-19-22(29)25(23(30)34-19)12-20(26)24-15-5-4-6-16(11-15)33-2/h4-11H,3,12-13H2,1-2H3,(H,24,26)(H,27,28)/b19-10+. The second kappa shape index (κ2) is 11.6. The van der Waals surface area contributed by atoms with Gasteiger partial charge in [0, 0.05) is 10.6 Å². The molecule has 3 rings (SSSR count). The van der Waals surface area contributed by atoms with E-state index >= 15 is 0 Å². The third-order valence-corrected chi connectivity index (χ3v) is 6.08. The number of carbonyl (C=O) groups excluding carboxylic acids is 3. The van der Waals surface area contributed by atoms with Crippen molar-refractivity contribution in [1.29, 1.82) is 0 Å². The summed E-state index contributed by atoms with van der Waals surface area (Å²) in [5.41, 5.74) is 1.13. The number of benzene rings is 2. The van der Waals surface area contributed by atoms with Crippen LogP contribution in [0.3, 0.4) is 0 Å². The Morgan fingerprint density at radius 2 is 1.94 bits per heavy atom. The Hall–Kier alpha value is -3.44. The van der Waals surface area contributed by atoms with Crippen molar-refractivity contribution in [1.82, 2.24) is 4.90 Å². The number of imide groups is 1. The van der Waals surface area contributed by atoms with Crippen LogP contribution in [-0.2, 0) is 14.4 Å². The highest BCUT2D eigenvalue weighted by atomic mass is 32.2. The molecule has 1 saturated heterocycles. The molecule has 0 saturated carbocycles. The highest BCUT2D eigenvalue weighted by molar-refractivity contribution is 8.18. The van der Waals surface area contributed by atoms with Crippen LogP contribution in [0, 0.1) is 0 Å². The molecule has 2 aromatic carbocycles. The first-order valence-corrected chi connectivity index (χ1v) is 12.2. The lowest BCUT2D eigenvalue weighted by Gasteiger charge is -2.13. The predicted molar refractivity (Wildman–Crippen MR) is 130 cm³/mol. The van der Waals surface area contributed by atoms with E-state index in [9.17, 15) is 19.2 Å². The van der Waals surface area contributed by atoms with E-state index in [0.717, 1.165) is 21.6 Å². The highest BCUT2D eigenvalue weighted by Gasteiger charge is 2.36. The maximum absolute atomic E-state index is 12.8. The number of hydrogen-bond acceptors (Lipinski definition) is 8. The van der Waals surface area contributed by atoms with Gasteiger partial charge in [0.05, 0.1) is 11.5 Å². The van der Waals surface area contributed by atoms with Crippen molar-refractivity contribution in [2.75, 3.05) is 31.3 Å². The van der Waals surface area contributed by atoms with Gasteiger partial charge in [-0.1, -0.05) is 12.1 Å². The van der Waals surface area contributed by atoms with E-state index in [2.05, 4.69) is 5.32 Å². The first-order valence-electron chi connectivity index (χ1n) is 10.1. The molecule has 0 radical (unpaired) electrons. The monoisotopic (exact) mass is 502 g/mol. The SMILES string of the molecule is CCOc1cc(/C=C2/SC(=O)N(CC(=O)Nc3cccc(SC)c3)C2=O)ccc1OCC(=O)O. The Balaban J connectivity index is 1.71. The normalized spacial score (nSPS) is 14.4. The number of carbonyl (C=O) groups is 4. The van der Waals surface area contributed by atoms with E-state index < -0.39 is 36.2 Å². The smallest absolute Gasteiger partial charge is 0.341 e. The van der Waals surface area contributed by atoms with Crippen LogP contribution in [0.15, 0.2) is 52.3 Å². The van der Waals surface area contributed by atoms with E-state index in [-0.39, 0.29) is 10.7 Å². The third-order valence-electron chi connectivity index (χ3n) is 4.45. The van der Waals surface area contributed by atoms with Crippen LogP contribution in [0.1, 0.15) is 12.5 Å². The number of carboxylic acids is 1. The zero-order valence-electron chi connectivity index (χ0n) is 18.4. The fraction of sp³-hybridized carbons (Fsp3) is 0.217. The predicted octanol–water partition coefficient (Wildman–Crippen LogP) is 3.95. The molecule has 11 heteroatoms. The average Bonchev–Trinajstić information content (AvgIpc) is 3.06. The zero-order valence-corrected chi connectivity index (χ0v) is 20.0. The maximum Gasteiger partial charge on any atom is 0.341 e. The largest absolute Gasteiger partial charge is 0.490 e. The number of nitrogens with zero attached hydrogens (tertiary/aromatic N) is 1. The third kappa shape index (κ3) is 6.55. The average molecular weight is 503 g/mol. The molecule has 2 aromatic rings. The Labute approximate surface area is 204 Å². The van der Waals surface area contributed by atoms with Crippen molar-refractivity contribution in [2.45, 2.75) is 11.8 Å². The van der Waals surface area contributed by atoms with Gasteiger partial charge in [-0.05, 0) is 66.9 Å². The van der Waals surface area contributed by atoms with Crippen LogP contribution in [-0.4, -0.2) is 59.0 Å². The molecule has 9 nitrogen and oxygen atoms in total. The first kappa shape index (κ1) is 25.2. The summed E-state index contributed by atoms with van der Waals surface area (Å²) in [5, 5.41) is 11.0. The van der Waals surface area contributed by atoms with Gasteiger partial charge in [0.15, 0.2) is 18.1 Å². The second-order valence-electron chi connectivity index (χ2n) is 6.87. The number of hydrogen-bond donors (Lipinski definition) is 2.